The van der Waals surface area contributed by atoms with Crippen LogP contribution in [0.25, 0.3) is 22.2 Å². The molecule has 2 unspecified atom stereocenters. The van der Waals surface area contributed by atoms with E-state index in [0.717, 1.165) is 6.33 Å². The van der Waals surface area contributed by atoms with Crippen molar-refractivity contribution in [3.63, 3.8) is 0 Å². The fraction of sp³-hybridized carbons (Fsp3) is 0.389. The van der Waals surface area contributed by atoms with E-state index in [4.69, 9.17) is 25.0 Å². The highest BCUT2D eigenvalue weighted by atomic mass is 31.3. The van der Waals surface area contributed by atoms with Crippen molar-refractivity contribution in [2.45, 2.75) is 31.0 Å². The van der Waals surface area contributed by atoms with Crippen molar-refractivity contribution in [2.24, 2.45) is 0 Å². The van der Waals surface area contributed by atoms with Gasteiger partial charge in [-0.25, -0.2) is 28.6 Å². The van der Waals surface area contributed by atoms with Gasteiger partial charge in [0.15, 0.2) is 6.23 Å². The minimum Gasteiger partial charge on any atom is -0.481 e. The first-order valence-corrected chi connectivity index (χ1v) is 15.4. The van der Waals surface area contributed by atoms with Crippen molar-refractivity contribution in [2.75, 3.05) is 19.5 Å². The van der Waals surface area contributed by atoms with Gasteiger partial charge in [0, 0.05) is 29.6 Å². The van der Waals surface area contributed by atoms with Gasteiger partial charge in [-0.3, -0.25) is 4.52 Å². The molecule has 220 valence electrons. The van der Waals surface area contributed by atoms with Crippen molar-refractivity contribution in [1.82, 2.24) is 19.5 Å². The summed E-state index contributed by atoms with van der Waals surface area (Å²) < 4.78 is 58.5. The number of aliphatic hydroxyl groups excluding tert-OH is 1. The normalized spacial score (nSPS) is 26.4. The van der Waals surface area contributed by atoms with E-state index in [0.29, 0.717) is 22.4 Å². The number of ether oxygens (including phenoxy) is 2. The largest absolute Gasteiger partial charge is 0.490 e. The fourth-order valence-corrected chi connectivity index (χ4v) is 7.04. The average molecular weight is 627 g/mol. The van der Waals surface area contributed by atoms with Gasteiger partial charge in [0.05, 0.1) is 19.1 Å². The van der Waals surface area contributed by atoms with Gasteiger partial charge in [-0.15, -0.1) is 0 Å². The van der Waals surface area contributed by atoms with Crippen LogP contribution < -0.4 is 10.5 Å². The Kier molecular flexibility index (Phi) is 8.28. The van der Waals surface area contributed by atoms with Crippen LogP contribution in [0, 0.1) is 0 Å². The van der Waals surface area contributed by atoms with Crippen molar-refractivity contribution < 1.29 is 66.1 Å². The van der Waals surface area contributed by atoms with Gasteiger partial charge >= 0.3 is 23.5 Å². The number of nitrogens with zero attached hydrogens (tertiary/aromatic N) is 4. The van der Waals surface area contributed by atoms with E-state index in [1.807, 2.05) is 0 Å². The maximum Gasteiger partial charge on any atom is 0.490 e. The Balaban J connectivity index is 1.61. The number of nitrogen functional groups attached to an aromatic ring is 1. The lowest BCUT2D eigenvalue weighted by Crippen LogP contribution is -2.44. The topological polar surface area (TPSA) is 288 Å². The van der Waals surface area contributed by atoms with E-state index in [1.54, 1.807) is 12.1 Å². The lowest BCUT2D eigenvalue weighted by Gasteiger charge is -2.27. The maximum absolute atomic E-state index is 12.1. The highest BCUT2D eigenvalue weighted by molar-refractivity contribution is 7.66. The molecule has 1 saturated heterocycles. The first-order chi connectivity index (χ1) is 18.4. The Bertz CT molecular complexity index is 1540. The number of rotatable bonds is 10. The van der Waals surface area contributed by atoms with Crippen LogP contribution in [0.5, 0.6) is 5.88 Å². The van der Waals surface area contributed by atoms with Crippen LogP contribution in [-0.2, 0) is 31.6 Å². The lowest BCUT2D eigenvalue weighted by atomic mass is 9.96. The monoisotopic (exact) mass is 627 g/mol. The minimum absolute atomic E-state index is 0.0805. The molecule has 0 spiro atoms. The molecular weight excluding hydrogens is 603 g/mol. The molecule has 0 aliphatic carbocycles. The van der Waals surface area contributed by atoms with Crippen LogP contribution in [0.2, 0.25) is 0 Å². The average Bonchev–Trinajstić information content (AvgIpc) is 3.31. The molecule has 0 bridgehead atoms. The second kappa shape index (κ2) is 10.8. The molecule has 22 heteroatoms. The number of pyridine rings is 1. The molecule has 0 amide bonds. The summed E-state index contributed by atoms with van der Waals surface area (Å²) in [5.74, 6) is 0.428. The number of aliphatic hydroxyl groups is 2. The molecule has 3 aromatic rings. The van der Waals surface area contributed by atoms with E-state index < -0.39 is 54.1 Å². The number of phosphoric acid groups is 3. The number of fused-ring (bicyclic) bond motifs is 1. The molecule has 40 heavy (non-hydrogen) atoms. The molecule has 0 radical (unpaired) electrons. The van der Waals surface area contributed by atoms with Crippen LogP contribution in [0.1, 0.15) is 13.2 Å². The SMILES string of the molecule is COc1ccc(-c2cn([C@@H]3O[C@H](COP(=O)(O)OP(=O)(O)OP(=O)(O)O)[C@@H](O)[C@@]3(C)O)c3ncnc(N)c23)cn1. The molecule has 4 heterocycles. The van der Waals surface area contributed by atoms with Crippen LogP contribution in [0.15, 0.2) is 30.9 Å². The molecule has 19 nitrogen and oxygen atoms in total. The van der Waals surface area contributed by atoms with Crippen LogP contribution >= 0.6 is 23.5 Å². The zero-order valence-electron chi connectivity index (χ0n) is 20.5. The summed E-state index contributed by atoms with van der Waals surface area (Å²) in [5.41, 5.74) is 5.26. The number of hydrogen-bond acceptors (Lipinski definition) is 14. The second-order valence-electron chi connectivity index (χ2n) is 8.58. The lowest BCUT2D eigenvalue weighted by molar-refractivity contribution is -0.0946. The first-order valence-electron chi connectivity index (χ1n) is 10.9. The molecule has 0 aromatic carbocycles. The number of aromatic nitrogens is 4. The number of hydrogen-bond donors (Lipinski definition) is 7. The highest BCUT2D eigenvalue weighted by Gasteiger charge is 2.54. The zero-order valence-corrected chi connectivity index (χ0v) is 23.2. The summed E-state index contributed by atoms with van der Waals surface area (Å²) in [6.07, 6.45) is -0.528. The molecule has 4 rings (SSSR count). The van der Waals surface area contributed by atoms with Gasteiger partial charge < -0.3 is 49.6 Å². The summed E-state index contributed by atoms with van der Waals surface area (Å²) >= 11 is 0. The molecule has 1 fully saturated rings. The number of nitrogens with two attached hydrogens (primary N) is 1. The van der Waals surface area contributed by atoms with Gasteiger partial charge in [-0.2, -0.15) is 8.62 Å². The molecule has 1 aliphatic rings. The molecule has 1 aliphatic heterocycles. The van der Waals surface area contributed by atoms with Gasteiger partial charge in [-0.05, 0) is 13.0 Å². The quantitative estimate of drug-likeness (QED) is 0.150. The third-order valence-electron chi connectivity index (χ3n) is 5.72. The van der Waals surface area contributed by atoms with E-state index in [9.17, 15) is 33.7 Å². The maximum atomic E-state index is 12.1. The first kappa shape index (κ1) is 30.6. The van der Waals surface area contributed by atoms with E-state index in [1.165, 1.54) is 31.0 Å². The highest BCUT2D eigenvalue weighted by Crippen LogP contribution is 2.66. The van der Waals surface area contributed by atoms with Gasteiger partial charge in [0.2, 0.25) is 5.88 Å². The molecule has 0 saturated carbocycles. The van der Waals surface area contributed by atoms with E-state index in [-0.39, 0.29) is 11.5 Å². The summed E-state index contributed by atoms with van der Waals surface area (Å²) in [6, 6.07) is 3.29. The van der Waals surface area contributed by atoms with Gasteiger partial charge in [-0.1, -0.05) is 0 Å². The van der Waals surface area contributed by atoms with E-state index >= 15 is 0 Å². The number of anilines is 1. The Hall–Kier alpha value is -2.34. The van der Waals surface area contributed by atoms with Crippen molar-refractivity contribution >= 4 is 40.3 Å². The Morgan fingerprint density at radius 1 is 1.10 bits per heavy atom. The third-order valence-corrected chi connectivity index (χ3v) is 9.52. The van der Waals surface area contributed by atoms with Crippen LogP contribution in [0.3, 0.4) is 0 Å². The van der Waals surface area contributed by atoms with Crippen LogP contribution in [-0.4, -0.2) is 80.8 Å². The predicted octanol–water partition coefficient (Wildman–Crippen LogP) is 0.437. The molecule has 3 aromatic heterocycles. The third kappa shape index (κ3) is 6.42. The zero-order chi connectivity index (χ0) is 29.7. The Labute approximate surface area is 224 Å². The van der Waals surface area contributed by atoms with Crippen molar-refractivity contribution in [3.8, 4) is 17.0 Å². The molecule has 6 atom stereocenters. The summed E-state index contributed by atoms with van der Waals surface area (Å²) in [6.45, 7) is 0.210. The van der Waals surface area contributed by atoms with Crippen molar-refractivity contribution in [1.29, 1.82) is 0 Å². The Morgan fingerprint density at radius 3 is 2.40 bits per heavy atom. The second-order valence-corrected chi connectivity index (χ2v) is 13.0. The Morgan fingerprint density at radius 2 is 1.80 bits per heavy atom. The summed E-state index contributed by atoms with van der Waals surface area (Å²) in [5, 5.41) is 22.3. The van der Waals surface area contributed by atoms with Crippen molar-refractivity contribution in [3.05, 3.63) is 30.9 Å². The summed E-state index contributed by atoms with van der Waals surface area (Å²) in [4.78, 5) is 48.7. The number of phosphoric ester groups is 1. The fourth-order valence-electron chi connectivity index (χ4n) is 4.02. The van der Waals surface area contributed by atoms with E-state index in [2.05, 4.69) is 28.1 Å². The summed E-state index contributed by atoms with van der Waals surface area (Å²) in [7, 11) is -15.4. The molecule has 8 N–H and O–H groups in total. The smallest absolute Gasteiger partial charge is 0.481 e. The standard InChI is InChI=1S/C18H24N5O14P3/c1-18(25)14(24)11(7-34-39(29,30)37-40(31,32)36-38(26,27)28)35-17(18)23-6-10(9-3-4-12(33-2)20-5-9)13-15(19)21-8-22-16(13)23/h3-6,8,11,14,17,24-25H,7H2,1-2H3,(H,29,30)(H,31,32)(H2,19,21,22)(H2,26,27,28)/t11-,14-,17-,18-/m1/s1. The minimum atomic E-state index is -5.76. The van der Waals surface area contributed by atoms with Crippen LogP contribution in [0.4, 0.5) is 5.82 Å². The van der Waals surface area contributed by atoms with Gasteiger partial charge in [0.25, 0.3) is 0 Å². The molecular formula is C18H24N5O14P3. The number of methoxy groups -OCH3 is 1. The predicted molar refractivity (Wildman–Crippen MR) is 132 cm³/mol. The van der Waals surface area contributed by atoms with Gasteiger partial charge in [0.1, 0.15) is 35.6 Å².